The minimum Gasteiger partial charge on any atom is -0.276 e. The quantitative estimate of drug-likeness (QED) is 0.599. The predicted octanol–water partition coefficient (Wildman–Crippen LogP) is 5.46. The van der Waals surface area contributed by atoms with Gasteiger partial charge >= 0.3 is 0 Å². The lowest BCUT2D eigenvalue weighted by molar-refractivity contribution is 0.108. The predicted molar refractivity (Wildman–Crippen MR) is 96.2 cm³/mol. The Balaban J connectivity index is 2.38. The monoisotopic (exact) mass is 323 g/mol. The number of fused-ring (bicyclic) bond motifs is 1. The van der Waals surface area contributed by atoms with Crippen LogP contribution in [0.5, 0.6) is 0 Å². The van der Waals surface area contributed by atoms with Gasteiger partial charge in [0.05, 0.1) is 11.2 Å². The molecule has 116 valence electrons. The van der Waals surface area contributed by atoms with Gasteiger partial charge in [0.1, 0.15) is 0 Å². The Morgan fingerprint density at radius 3 is 2.61 bits per heavy atom. The van der Waals surface area contributed by atoms with Crippen LogP contribution in [0.1, 0.15) is 34.0 Å². The minimum absolute atomic E-state index is 0.447. The highest BCUT2D eigenvalue weighted by molar-refractivity contribution is 6.68. The van der Waals surface area contributed by atoms with Gasteiger partial charge in [-0.1, -0.05) is 42.8 Å². The van der Waals surface area contributed by atoms with Crippen LogP contribution in [0.4, 0.5) is 0 Å². The molecule has 1 aromatic heterocycles. The van der Waals surface area contributed by atoms with Crippen molar-refractivity contribution < 1.29 is 4.79 Å². The Hall–Kier alpha value is -2.19. The first-order chi connectivity index (χ1) is 11.0. The van der Waals surface area contributed by atoms with Crippen molar-refractivity contribution in [3.63, 3.8) is 0 Å². The first-order valence-corrected chi connectivity index (χ1v) is 8.09. The molecule has 1 heterocycles. The number of hydrogen-bond donors (Lipinski definition) is 0. The number of nitrogens with zero attached hydrogens (tertiary/aromatic N) is 1. The maximum atomic E-state index is 11.9. The zero-order valence-corrected chi connectivity index (χ0v) is 14.2. The lowest BCUT2D eigenvalue weighted by Gasteiger charge is -2.12. The van der Waals surface area contributed by atoms with E-state index in [1.165, 1.54) is 0 Å². The number of hydrogen-bond acceptors (Lipinski definition) is 2. The molecule has 2 nitrogen and oxygen atoms in total. The average molecular weight is 324 g/mol. The summed E-state index contributed by atoms with van der Waals surface area (Å²) in [5.41, 5.74) is 6.62. The first kappa shape index (κ1) is 15.7. The van der Waals surface area contributed by atoms with E-state index in [1.807, 2.05) is 18.2 Å². The van der Waals surface area contributed by atoms with E-state index < -0.39 is 5.24 Å². The number of para-hydroxylation sites is 1. The van der Waals surface area contributed by atoms with Gasteiger partial charge in [0, 0.05) is 16.5 Å². The van der Waals surface area contributed by atoms with Crippen molar-refractivity contribution in [2.24, 2.45) is 0 Å². The second kappa shape index (κ2) is 6.13. The number of halogens is 1. The topological polar surface area (TPSA) is 30.0 Å². The van der Waals surface area contributed by atoms with Crippen LogP contribution in [0.15, 0.2) is 42.5 Å². The molecule has 0 fully saturated rings. The molecule has 0 atom stereocenters. The Kier molecular flexibility index (Phi) is 4.18. The molecule has 0 unspecified atom stereocenters. The van der Waals surface area contributed by atoms with Crippen LogP contribution in [-0.4, -0.2) is 10.2 Å². The van der Waals surface area contributed by atoms with E-state index in [4.69, 9.17) is 16.6 Å². The summed E-state index contributed by atoms with van der Waals surface area (Å²) < 4.78 is 0. The summed E-state index contributed by atoms with van der Waals surface area (Å²) in [6.45, 7) is 6.19. The smallest absolute Gasteiger partial charge is 0.253 e. The van der Waals surface area contributed by atoms with Gasteiger partial charge in [0.15, 0.2) is 0 Å². The Labute approximate surface area is 141 Å². The molecule has 0 amide bonds. The van der Waals surface area contributed by atoms with Crippen LogP contribution in [0.2, 0.25) is 0 Å². The summed E-state index contributed by atoms with van der Waals surface area (Å²) in [5.74, 6) is 0. The summed E-state index contributed by atoms with van der Waals surface area (Å²) in [4.78, 5) is 16.8. The Morgan fingerprint density at radius 1 is 1.13 bits per heavy atom. The van der Waals surface area contributed by atoms with Gasteiger partial charge in [0.2, 0.25) is 0 Å². The van der Waals surface area contributed by atoms with Gasteiger partial charge in [0.25, 0.3) is 5.24 Å². The van der Waals surface area contributed by atoms with Gasteiger partial charge in [-0.2, -0.15) is 0 Å². The molecule has 0 aliphatic carbocycles. The number of aromatic nitrogens is 1. The molecular formula is C20H18ClNO. The largest absolute Gasteiger partial charge is 0.276 e. The van der Waals surface area contributed by atoms with Crippen molar-refractivity contribution in [1.29, 1.82) is 0 Å². The number of benzene rings is 2. The van der Waals surface area contributed by atoms with Crippen molar-refractivity contribution in [1.82, 2.24) is 4.98 Å². The molecule has 0 saturated carbocycles. The molecule has 0 N–H and O–H groups in total. The summed E-state index contributed by atoms with van der Waals surface area (Å²) in [7, 11) is 0. The van der Waals surface area contributed by atoms with Crippen molar-refractivity contribution >= 4 is 27.7 Å². The van der Waals surface area contributed by atoms with Gasteiger partial charge in [-0.25, -0.2) is 4.98 Å². The Morgan fingerprint density at radius 2 is 1.91 bits per heavy atom. The minimum atomic E-state index is -0.447. The second-order valence-corrected chi connectivity index (χ2v) is 6.16. The van der Waals surface area contributed by atoms with E-state index in [0.717, 1.165) is 45.3 Å². The van der Waals surface area contributed by atoms with Crippen LogP contribution in [0.3, 0.4) is 0 Å². The molecule has 0 saturated heterocycles. The number of pyridine rings is 1. The normalized spacial score (nSPS) is 11.0. The number of carbonyl (C=O) groups excluding carboxylic acids is 1. The van der Waals surface area contributed by atoms with Crippen molar-refractivity contribution in [2.75, 3.05) is 0 Å². The zero-order chi connectivity index (χ0) is 16.6. The summed E-state index contributed by atoms with van der Waals surface area (Å²) in [5, 5.41) is 0.371. The highest BCUT2D eigenvalue weighted by Crippen LogP contribution is 2.30. The third-order valence-electron chi connectivity index (χ3n) is 4.18. The van der Waals surface area contributed by atoms with E-state index in [-0.39, 0.29) is 0 Å². The number of rotatable bonds is 3. The van der Waals surface area contributed by atoms with E-state index in [2.05, 4.69) is 39.0 Å². The zero-order valence-electron chi connectivity index (χ0n) is 13.5. The fourth-order valence-electron chi connectivity index (χ4n) is 2.91. The van der Waals surface area contributed by atoms with Crippen LogP contribution in [0.25, 0.3) is 22.2 Å². The van der Waals surface area contributed by atoms with Crippen LogP contribution >= 0.6 is 11.6 Å². The molecule has 0 spiro atoms. The molecular weight excluding hydrogens is 306 g/mol. The average Bonchev–Trinajstić information content (AvgIpc) is 2.55. The van der Waals surface area contributed by atoms with E-state index in [9.17, 15) is 4.79 Å². The lowest BCUT2D eigenvalue weighted by atomic mass is 9.98. The lowest BCUT2D eigenvalue weighted by Crippen LogP contribution is -1.99. The highest BCUT2D eigenvalue weighted by Gasteiger charge is 2.15. The molecule has 3 heteroatoms. The molecule has 0 bridgehead atoms. The van der Waals surface area contributed by atoms with Crippen molar-refractivity contribution in [2.45, 2.75) is 27.2 Å². The molecule has 0 aliphatic heterocycles. The molecule has 3 rings (SSSR count). The fraction of sp³-hybridized carbons (Fsp3) is 0.200. The van der Waals surface area contributed by atoms with Gasteiger partial charge < -0.3 is 0 Å². The molecule has 2 aromatic carbocycles. The molecule has 0 radical (unpaired) electrons. The standard InChI is InChI=1S/C20H18ClNO/c1-4-14-6-5-7-15-17(20(21)23)11-18(22-19(14)15)16-10-12(2)8-9-13(16)3/h5-11H,4H2,1-3H3. The fourth-order valence-corrected chi connectivity index (χ4v) is 3.06. The maximum absolute atomic E-state index is 11.9. The van der Waals surface area contributed by atoms with E-state index in [0.29, 0.717) is 5.56 Å². The van der Waals surface area contributed by atoms with E-state index in [1.54, 1.807) is 6.07 Å². The van der Waals surface area contributed by atoms with Crippen LogP contribution in [0, 0.1) is 13.8 Å². The molecule has 0 aliphatic rings. The molecule has 23 heavy (non-hydrogen) atoms. The Bertz CT molecular complexity index is 915. The summed E-state index contributed by atoms with van der Waals surface area (Å²) >= 11 is 5.84. The summed E-state index contributed by atoms with van der Waals surface area (Å²) in [6.07, 6.45) is 0.858. The van der Waals surface area contributed by atoms with Crippen molar-refractivity contribution in [3.8, 4) is 11.3 Å². The number of carbonyl (C=O) groups is 1. The van der Waals surface area contributed by atoms with Crippen LogP contribution < -0.4 is 0 Å². The van der Waals surface area contributed by atoms with Crippen molar-refractivity contribution in [3.05, 3.63) is 64.7 Å². The second-order valence-electron chi connectivity index (χ2n) is 5.81. The third-order valence-corrected chi connectivity index (χ3v) is 4.39. The third kappa shape index (κ3) is 2.87. The van der Waals surface area contributed by atoms with Gasteiger partial charge in [-0.3, -0.25) is 4.79 Å². The summed E-state index contributed by atoms with van der Waals surface area (Å²) in [6, 6.07) is 14.0. The SMILES string of the molecule is CCc1cccc2c(C(=O)Cl)cc(-c3cc(C)ccc3C)nc12. The molecule has 3 aromatic rings. The van der Waals surface area contributed by atoms with E-state index >= 15 is 0 Å². The first-order valence-electron chi connectivity index (χ1n) is 7.71. The van der Waals surface area contributed by atoms with Gasteiger partial charge in [-0.15, -0.1) is 0 Å². The number of aryl methyl sites for hydroxylation is 3. The van der Waals surface area contributed by atoms with Gasteiger partial charge in [-0.05, 0) is 55.1 Å². The van der Waals surface area contributed by atoms with Crippen LogP contribution in [-0.2, 0) is 6.42 Å². The highest BCUT2D eigenvalue weighted by atomic mass is 35.5. The maximum Gasteiger partial charge on any atom is 0.253 e.